The van der Waals surface area contributed by atoms with Crippen molar-refractivity contribution >= 4 is 21.6 Å². The molecule has 1 amide bonds. The zero-order chi connectivity index (χ0) is 17.3. The Morgan fingerprint density at radius 3 is 2.50 bits per heavy atom. The number of anilines is 1. The molecular weight excluding hydrogens is 328 g/mol. The number of benzene rings is 1. The summed E-state index contributed by atoms with van der Waals surface area (Å²) in [4.78, 5) is 14.5. The Bertz CT molecular complexity index is 848. The first-order chi connectivity index (χ1) is 11.4. The molecule has 2 heterocycles. The summed E-state index contributed by atoms with van der Waals surface area (Å²) >= 11 is 0. The van der Waals surface area contributed by atoms with Gasteiger partial charge in [0, 0.05) is 13.1 Å². The van der Waals surface area contributed by atoms with Crippen LogP contribution in [0, 0.1) is 13.8 Å². The minimum absolute atomic E-state index is 0.117. The summed E-state index contributed by atoms with van der Waals surface area (Å²) in [5.74, 6) is -0.147. The number of rotatable bonds is 4. The molecular formula is C16H20N4O3S. The molecule has 1 aromatic carbocycles. The lowest BCUT2D eigenvalue weighted by Gasteiger charge is -2.18. The van der Waals surface area contributed by atoms with Crippen LogP contribution in [0.4, 0.5) is 5.69 Å². The van der Waals surface area contributed by atoms with Gasteiger partial charge in [-0.3, -0.25) is 14.6 Å². The molecule has 0 saturated carbocycles. The number of aromatic nitrogens is 2. The van der Waals surface area contributed by atoms with E-state index in [0.717, 1.165) is 12.8 Å². The summed E-state index contributed by atoms with van der Waals surface area (Å²) in [6.45, 7) is 4.69. The average molecular weight is 348 g/mol. The number of para-hydroxylation sites is 1. The Morgan fingerprint density at radius 1 is 1.21 bits per heavy atom. The van der Waals surface area contributed by atoms with E-state index in [1.54, 1.807) is 43.0 Å². The molecule has 0 atom stereocenters. The first-order valence-electron chi connectivity index (χ1n) is 7.83. The summed E-state index contributed by atoms with van der Waals surface area (Å²) in [6.07, 6.45) is 1.96. The summed E-state index contributed by atoms with van der Waals surface area (Å²) in [5, 5.41) is 6.59. The number of aryl methyl sites for hydroxylation is 2. The molecule has 2 aromatic rings. The number of carbonyl (C=O) groups excluding carboxylic acids is 1. The van der Waals surface area contributed by atoms with Crippen molar-refractivity contribution in [1.82, 2.24) is 15.1 Å². The van der Waals surface area contributed by atoms with Crippen LogP contribution in [0.15, 0.2) is 29.2 Å². The van der Waals surface area contributed by atoms with Gasteiger partial charge in [0.05, 0.1) is 22.6 Å². The normalized spacial score (nSPS) is 14.8. The molecule has 0 radical (unpaired) electrons. The molecule has 0 unspecified atom stereocenters. The number of likely N-dealkylation sites (tertiary alicyclic amines) is 1. The highest BCUT2D eigenvalue weighted by Gasteiger charge is 2.26. The minimum Gasteiger partial charge on any atom is -0.339 e. The van der Waals surface area contributed by atoms with Crippen molar-refractivity contribution < 1.29 is 13.2 Å². The van der Waals surface area contributed by atoms with E-state index in [9.17, 15) is 13.2 Å². The highest BCUT2D eigenvalue weighted by Crippen LogP contribution is 2.25. The Labute approximate surface area is 141 Å². The van der Waals surface area contributed by atoms with Crippen LogP contribution >= 0.6 is 0 Å². The van der Waals surface area contributed by atoms with Gasteiger partial charge in [0.1, 0.15) is 4.90 Å². The predicted octanol–water partition coefficient (Wildman–Crippen LogP) is 2.06. The van der Waals surface area contributed by atoms with E-state index >= 15 is 0 Å². The lowest BCUT2D eigenvalue weighted by atomic mass is 10.1. The quantitative estimate of drug-likeness (QED) is 0.884. The summed E-state index contributed by atoms with van der Waals surface area (Å²) in [7, 11) is -3.83. The molecule has 3 rings (SSSR count). The molecule has 128 valence electrons. The fourth-order valence-electron chi connectivity index (χ4n) is 2.98. The van der Waals surface area contributed by atoms with Gasteiger partial charge in [0.25, 0.3) is 15.9 Å². The van der Waals surface area contributed by atoms with Gasteiger partial charge >= 0.3 is 0 Å². The third kappa shape index (κ3) is 3.01. The average Bonchev–Trinajstić information content (AvgIpc) is 3.17. The summed E-state index contributed by atoms with van der Waals surface area (Å²) in [5.41, 5.74) is 1.50. The number of H-pyrrole nitrogens is 1. The van der Waals surface area contributed by atoms with E-state index < -0.39 is 10.0 Å². The summed E-state index contributed by atoms with van der Waals surface area (Å²) < 4.78 is 27.9. The summed E-state index contributed by atoms with van der Waals surface area (Å²) in [6, 6.07) is 6.68. The number of nitrogens with one attached hydrogen (secondary N) is 2. The van der Waals surface area contributed by atoms with Gasteiger partial charge in [-0.15, -0.1) is 0 Å². The Balaban J connectivity index is 1.95. The third-order valence-corrected chi connectivity index (χ3v) is 5.75. The first kappa shape index (κ1) is 16.5. The van der Waals surface area contributed by atoms with E-state index in [2.05, 4.69) is 14.9 Å². The van der Waals surface area contributed by atoms with Gasteiger partial charge in [0.15, 0.2) is 0 Å². The Kier molecular flexibility index (Phi) is 4.31. The standard InChI is InChI=1S/C16H20N4O3S/c1-11-15(12(2)18-17-11)24(22,23)19-14-8-4-3-7-13(14)16(21)20-9-5-6-10-20/h3-4,7-8,19H,5-6,9-10H2,1-2H3,(H,17,18). The molecule has 7 nitrogen and oxygen atoms in total. The van der Waals surface area contributed by atoms with Crippen molar-refractivity contribution in [2.75, 3.05) is 17.8 Å². The Hall–Kier alpha value is -2.35. The molecule has 1 fully saturated rings. The molecule has 1 aliphatic rings. The molecule has 24 heavy (non-hydrogen) atoms. The van der Waals surface area contributed by atoms with Crippen molar-refractivity contribution in [3.05, 3.63) is 41.2 Å². The molecule has 1 saturated heterocycles. The first-order valence-corrected chi connectivity index (χ1v) is 9.31. The molecule has 2 N–H and O–H groups in total. The maximum Gasteiger partial charge on any atom is 0.265 e. The molecule has 1 aliphatic heterocycles. The van der Waals surface area contributed by atoms with E-state index in [-0.39, 0.29) is 16.5 Å². The van der Waals surface area contributed by atoms with Crippen LogP contribution < -0.4 is 4.72 Å². The number of amides is 1. The molecule has 0 bridgehead atoms. The third-order valence-electron chi connectivity index (χ3n) is 4.12. The predicted molar refractivity (Wildman–Crippen MR) is 90.4 cm³/mol. The molecule has 8 heteroatoms. The van der Waals surface area contributed by atoms with Crippen LogP contribution in [0.2, 0.25) is 0 Å². The van der Waals surface area contributed by atoms with Crippen molar-refractivity contribution in [1.29, 1.82) is 0 Å². The smallest absolute Gasteiger partial charge is 0.265 e. The van der Waals surface area contributed by atoms with Crippen LogP contribution in [0.3, 0.4) is 0 Å². The monoisotopic (exact) mass is 348 g/mol. The van der Waals surface area contributed by atoms with Gasteiger partial charge < -0.3 is 4.90 Å². The second-order valence-electron chi connectivity index (χ2n) is 5.91. The topological polar surface area (TPSA) is 95.2 Å². The van der Waals surface area contributed by atoms with Crippen LogP contribution in [-0.2, 0) is 10.0 Å². The van der Waals surface area contributed by atoms with Gasteiger partial charge in [-0.1, -0.05) is 12.1 Å². The number of aromatic amines is 1. The largest absolute Gasteiger partial charge is 0.339 e. The zero-order valence-corrected chi connectivity index (χ0v) is 14.5. The van der Waals surface area contributed by atoms with Crippen molar-refractivity contribution in [2.45, 2.75) is 31.6 Å². The molecule has 0 spiro atoms. The van der Waals surface area contributed by atoms with Gasteiger partial charge in [-0.25, -0.2) is 8.42 Å². The fraction of sp³-hybridized carbons (Fsp3) is 0.375. The van der Waals surface area contributed by atoms with Gasteiger partial charge in [0.2, 0.25) is 0 Å². The fourth-order valence-corrected chi connectivity index (χ4v) is 4.43. The number of hydrogen-bond donors (Lipinski definition) is 2. The van der Waals surface area contributed by atoms with Crippen LogP contribution in [-0.4, -0.2) is 42.5 Å². The zero-order valence-electron chi connectivity index (χ0n) is 13.7. The second kappa shape index (κ2) is 6.27. The highest BCUT2D eigenvalue weighted by atomic mass is 32.2. The molecule has 0 aliphatic carbocycles. The van der Waals surface area contributed by atoms with Gasteiger partial charge in [-0.05, 0) is 38.8 Å². The van der Waals surface area contributed by atoms with E-state index in [1.807, 2.05) is 0 Å². The molecule has 1 aromatic heterocycles. The van der Waals surface area contributed by atoms with Crippen LogP contribution in [0.5, 0.6) is 0 Å². The number of sulfonamides is 1. The SMILES string of the molecule is Cc1n[nH]c(C)c1S(=O)(=O)Nc1ccccc1C(=O)N1CCCC1. The van der Waals surface area contributed by atoms with E-state index in [1.165, 1.54) is 0 Å². The van der Waals surface area contributed by atoms with Crippen molar-refractivity contribution in [3.8, 4) is 0 Å². The second-order valence-corrected chi connectivity index (χ2v) is 7.53. The Morgan fingerprint density at radius 2 is 1.88 bits per heavy atom. The lowest BCUT2D eigenvalue weighted by molar-refractivity contribution is 0.0794. The van der Waals surface area contributed by atoms with Crippen LogP contribution in [0.25, 0.3) is 0 Å². The highest BCUT2D eigenvalue weighted by molar-refractivity contribution is 7.92. The number of carbonyl (C=O) groups is 1. The van der Waals surface area contributed by atoms with Crippen molar-refractivity contribution in [3.63, 3.8) is 0 Å². The number of hydrogen-bond acceptors (Lipinski definition) is 4. The van der Waals surface area contributed by atoms with Crippen molar-refractivity contribution in [2.24, 2.45) is 0 Å². The van der Waals surface area contributed by atoms with Crippen LogP contribution in [0.1, 0.15) is 34.6 Å². The van der Waals surface area contributed by atoms with E-state index in [0.29, 0.717) is 30.0 Å². The van der Waals surface area contributed by atoms with E-state index in [4.69, 9.17) is 0 Å². The minimum atomic E-state index is -3.83. The number of nitrogens with zero attached hydrogens (tertiary/aromatic N) is 2. The maximum atomic E-state index is 12.7. The lowest BCUT2D eigenvalue weighted by Crippen LogP contribution is -2.29. The maximum absolute atomic E-state index is 12.7. The van der Waals surface area contributed by atoms with Gasteiger partial charge in [-0.2, -0.15) is 5.10 Å².